The second-order valence-corrected chi connectivity index (χ2v) is 9.32. The van der Waals surface area contributed by atoms with Crippen LogP contribution < -0.4 is 5.32 Å². The highest BCUT2D eigenvalue weighted by molar-refractivity contribution is 7.86. The van der Waals surface area contributed by atoms with Crippen molar-refractivity contribution in [2.75, 3.05) is 25.0 Å². The quantitative estimate of drug-likeness (QED) is 0.804. The first kappa shape index (κ1) is 20.8. The minimum absolute atomic E-state index is 0.239. The third-order valence-corrected chi connectivity index (χ3v) is 7.04. The fourth-order valence-electron chi connectivity index (χ4n) is 3.21. The minimum atomic E-state index is -3.72. The van der Waals surface area contributed by atoms with E-state index in [-0.39, 0.29) is 6.54 Å². The molecule has 0 saturated carbocycles. The van der Waals surface area contributed by atoms with Crippen LogP contribution in [0.15, 0.2) is 42.5 Å². The van der Waals surface area contributed by atoms with E-state index in [0.717, 1.165) is 16.7 Å². The predicted molar refractivity (Wildman–Crippen MR) is 112 cm³/mol. The van der Waals surface area contributed by atoms with Gasteiger partial charge in [-0.3, -0.25) is 4.79 Å². The largest absolute Gasteiger partial charge is 0.324 e. The number of carbonyl (C=O) groups excluding carboxylic acids is 1. The van der Waals surface area contributed by atoms with Gasteiger partial charge in [0.15, 0.2) is 0 Å². The minimum Gasteiger partial charge on any atom is -0.324 e. The van der Waals surface area contributed by atoms with E-state index in [1.807, 2.05) is 32.0 Å². The molecule has 1 fully saturated rings. The van der Waals surface area contributed by atoms with Crippen LogP contribution in [0.2, 0.25) is 5.02 Å². The molecule has 1 heterocycles. The molecule has 0 radical (unpaired) electrons. The summed E-state index contributed by atoms with van der Waals surface area (Å²) in [6.45, 7) is 4.79. The first-order valence-electron chi connectivity index (χ1n) is 9.13. The van der Waals surface area contributed by atoms with Crippen LogP contribution in [0.5, 0.6) is 0 Å². The zero-order valence-electron chi connectivity index (χ0n) is 16.0. The molecule has 2 aromatic rings. The molecular formula is C20H24ClN3O3S. The normalized spacial score (nSPS) is 17.4. The van der Waals surface area contributed by atoms with Gasteiger partial charge in [0.1, 0.15) is 0 Å². The molecule has 3 rings (SSSR count). The van der Waals surface area contributed by atoms with Gasteiger partial charge in [-0.1, -0.05) is 47.5 Å². The van der Waals surface area contributed by atoms with Crippen molar-refractivity contribution in [1.29, 1.82) is 0 Å². The molecule has 0 aliphatic carbocycles. The maximum atomic E-state index is 13.0. The highest BCUT2D eigenvalue weighted by atomic mass is 35.5. The van der Waals surface area contributed by atoms with Crippen LogP contribution in [0, 0.1) is 13.8 Å². The standard InChI is InChI=1S/C20H24ClN3O3S/c1-15-8-9-16(2)17(12-15)13-23-10-5-11-24(28(23,26)27)14-20(25)22-19-7-4-3-6-18(19)21/h3-4,6-9,12H,5,10-11,13-14H2,1-2H3,(H,22,25). The van der Waals surface area contributed by atoms with Gasteiger partial charge in [0, 0.05) is 19.6 Å². The molecule has 0 unspecified atom stereocenters. The first-order valence-corrected chi connectivity index (χ1v) is 10.9. The second kappa shape index (κ2) is 8.61. The van der Waals surface area contributed by atoms with E-state index in [0.29, 0.717) is 36.8 Å². The van der Waals surface area contributed by atoms with Crippen LogP contribution in [-0.4, -0.2) is 42.6 Å². The molecule has 150 valence electrons. The van der Waals surface area contributed by atoms with Crippen LogP contribution in [0.4, 0.5) is 5.69 Å². The summed E-state index contributed by atoms with van der Waals surface area (Å²) in [5.74, 6) is -0.412. The fourth-order valence-corrected chi connectivity index (χ4v) is 5.02. The van der Waals surface area contributed by atoms with Gasteiger partial charge in [0.05, 0.1) is 17.3 Å². The average molecular weight is 422 g/mol. The zero-order chi connectivity index (χ0) is 20.3. The number of carbonyl (C=O) groups is 1. The van der Waals surface area contributed by atoms with Crippen molar-refractivity contribution in [2.24, 2.45) is 0 Å². The van der Waals surface area contributed by atoms with Crippen molar-refractivity contribution in [3.05, 3.63) is 64.2 Å². The van der Waals surface area contributed by atoms with Crippen molar-refractivity contribution >= 4 is 33.4 Å². The number of benzene rings is 2. The number of anilines is 1. The van der Waals surface area contributed by atoms with E-state index in [1.165, 1.54) is 8.61 Å². The Labute approximate surface area is 171 Å². The van der Waals surface area contributed by atoms with Gasteiger partial charge < -0.3 is 5.32 Å². The van der Waals surface area contributed by atoms with Crippen molar-refractivity contribution < 1.29 is 13.2 Å². The van der Waals surface area contributed by atoms with Crippen LogP contribution >= 0.6 is 11.6 Å². The Morgan fingerprint density at radius 3 is 2.57 bits per heavy atom. The molecule has 0 spiro atoms. The Balaban J connectivity index is 1.71. The molecule has 0 bridgehead atoms. The highest BCUT2D eigenvalue weighted by Gasteiger charge is 2.35. The summed E-state index contributed by atoms with van der Waals surface area (Å²) < 4.78 is 28.7. The van der Waals surface area contributed by atoms with Gasteiger partial charge in [-0.15, -0.1) is 0 Å². The smallest absolute Gasteiger partial charge is 0.282 e. The summed E-state index contributed by atoms with van der Waals surface area (Å²) in [7, 11) is -3.72. The van der Waals surface area contributed by atoms with Crippen molar-refractivity contribution in [3.63, 3.8) is 0 Å². The van der Waals surface area contributed by atoms with E-state index < -0.39 is 16.1 Å². The van der Waals surface area contributed by atoms with Crippen LogP contribution in [-0.2, 0) is 21.5 Å². The van der Waals surface area contributed by atoms with Crippen molar-refractivity contribution in [2.45, 2.75) is 26.8 Å². The topological polar surface area (TPSA) is 69.7 Å². The number of nitrogens with one attached hydrogen (secondary N) is 1. The van der Waals surface area contributed by atoms with Crippen molar-refractivity contribution in [1.82, 2.24) is 8.61 Å². The lowest BCUT2D eigenvalue weighted by Gasteiger charge is -2.34. The number of para-hydroxylation sites is 1. The molecule has 6 nitrogen and oxygen atoms in total. The molecule has 1 N–H and O–H groups in total. The predicted octanol–water partition coefficient (Wildman–Crippen LogP) is 3.35. The maximum absolute atomic E-state index is 13.0. The number of hydrogen-bond donors (Lipinski definition) is 1. The second-order valence-electron chi connectivity index (χ2n) is 6.99. The average Bonchev–Trinajstić information content (AvgIpc) is 2.63. The molecule has 1 amide bonds. The summed E-state index contributed by atoms with van der Waals surface area (Å²) in [5, 5.41) is 3.09. The van der Waals surface area contributed by atoms with Crippen LogP contribution in [0.3, 0.4) is 0 Å². The number of halogens is 1. The van der Waals surface area contributed by atoms with Gasteiger partial charge >= 0.3 is 0 Å². The first-order chi connectivity index (χ1) is 13.3. The molecule has 0 atom stereocenters. The van der Waals surface area contributed by atoms with E-state index in [9.17, 15) is 13.2 Å². The molecule has 1 aliphatic heterocycles. The highest BCUT2D eigenvalue weighted by Crippen LogP contribution is 2.23. The number of aryl methyl sites for hydroxylation is 2. The molecule has 8 heteroatoms. The van der Waals surface area contributed by atoms with Crippen LogP contribution in [0.25, 0.3) is 0 Å². The Morgan fingerprint density at radius 2 is 1.82 bits per heavy atom. The Kier molecular flexibility index (Phi) is 6.40. The van der Waals surface area contributed by atoms with E-state index in [1.54, 1.807) is 24.3 Å². The molecule has 1 saturated heterocycles. The Morgan fingerprint density at radius 1 is 1.11 bits per heavy atom. The number of hydrogen-bond acceptors (Lipinski definition) is 3. The monoisotopic (exact) mass is 421 g/mol. The van der Waals surface area contributed by atoms with Gasteiger partial charge in [-0.25, -0.2) is 0 Å². The van der Waals surface area contributed by atoms with Gasteiger partial charge in [-0.05, 0) is 43.5 Å². The molecular weight excluding hydrogens is 398 g/mol. The molecule has 1 aliphatic rings. The van der Waals surface area contributed by atoms with E-state index in [4.69, 9.17) is 11.6 Å². The maximum Gasteiger partial charge on any atom is 0.282 e. The lowest BCUT2D eigenvalue weighted by molar-refractivity contribution is -0.116. The third-order valence-electron chi connectivity index (χ3n) is 4.79. The van der Waals surface area contributed by atoms with Crippen molar-refractivity contribution in [3.8, 4) is 0 Å². The fraction of sp³-hybridized carbons (Fsp3) is 0.350. The van der Waals surface area contributed by atoms with Gasteiger partial charge in [-0.2, -0.15) is 17.0 Å². The SMILES string of the molecule is Cc1ccc(C)c(CN2CCCN(CC(=O)Nc3ccccc3Cl)S2(=O)=O)c1. The number of rotatable bonds is 5. The molecule has 0 aromatic heterocycles. The Bertz CT molecular complexity index is 978. The van der Waals surface area contributed by atoms with E-state index >= 15 is 0 Å². The van der Waals surface area contributed by atoms with E-state index in [2.05, 4.69) is 5.32 Å². The van der Waals surface area contributed by atoms with Gasteiger partial charge in [0.2, 0.25) is 5.91 Å². The van der Waals surface area contributed by atoms with Gasteiger partial charge in [0.25, 0.3) is 10.2 Å². The lowest BCUT2D eigenvalue weighted by atomic mass is 10.1. The third kappa shape index (κ3) is 4.72. The summed E-state index contributed by atoms with van der Waals surface area (Å²) in [6, 6.07) is 12.9. The summed E-state index contributed by atoms with van der Waals surface area (Å²) in [5.41, 5.74) is 3.59. The summed E-state index contributed by atoms with van der Waals surface area (Å²) in [6.07, 6.45) is 0.670. The zero-order valence-corrected chi connectivity index (χ0v) is 17.6. The number of nitrogens with zero attached hydrogens (tertiary/aromatic N) is 2. The van der Waals surface area contributed by atoms with Crippen LogP contribution in [0.1, 0.15) is 23.1 Å². The molecule has 2 aromatic carbocycles. The number of amides is 1. The summed E-state index contributed by atoms with van der Waals surface area (Å²) >= 11 is 6.05. The lowest BCUT2D eigenvalue weighted by Crippen LogP contribution is -2.51. The Hall–Kier alpha value is -1.93. The summed E-state index contributed by atoms with van der Waals surface area (Å²) in [4.78, 5) is 12.4. The molecule has 28 heavy (non-hydrogen) atoms.